The van der Waals surface area contributed by atoms with Crippen molar-refractivity contribution in [2.45, 2.75) is 39.7 Å². The lowest BCUT2D eigenvalue weighted by Gasteiger charge is -2.26. The molecule has 26 heavy (non-hydrogen) atoms. The average Bonchev–Trinajstić information content (AvgIpc) is 2.63. The van der Waals surface area contributed by atoms with Gasteiger partial charge in [0, 0.05) is 38.8 Å². The SMILES string of the molecule is Cc1ccc(CNC(=O)NCCc2ccc3c(n2)N(C)CCC3)cc1C. The van der Waals surface area contributed by atoms with Gasteiger partial charge in [0.05, 0.1) is 0 Å². The summed E-state index contributed by atoms with van der Waals surface area (Å²) in [6.07, 6.45) is 3.02. The predicted octanol–water partition coefficient (Wildman–Crippen LogP) is 3.12. The first-order valence-electron chi connectivity index (χ1n) is 9.30. The van der Waals surface area contributed by atoms with Crippen molar-refractivity contribution in [3.8, 4) is 0 Å². The normalized spacial score (nSPS) is 13.3. The largest absolute Gasteiger partial charge is 0.359 e. The number of anilines is 1. The van der Waals surface area contributed by atoms with Crippen molar-refractivity contribution in [2.24, 2.45) is 0 Å². The third kappa shape index (κ3) is 4.54. The third-order valence-electron chi connectivity index (χ3n) is 5.01. The Balaban J connectivity index is 1.45. The van der Waals surface area contributed by atoms with Crippen LogP contribution in [0.3, 0.4) is 0 Å². The number of aryl methyl sites for hydroxylation is 3. The van der Waals surface area contributed by atoms with E-state index in [-0.39, 0.29) is 6.03 Å². The summed E-state index contributed by atoms with van der Waals surface area (Å²) < 4.78 is 0. The van der Waals surface area contributed by atoms with E-state index in [4.69, 9.17) is 4.98 Å². The second-order valence-electron chi connectivity index (χ2n) is 7.09. The van der Waals surface area contributed by atoms with Crippen LogP contribution in [0.5, 0.6) is 0 Å². The number of amides is 2. The molecule has 0 radical (unpaired) electrons. The summed E-state index contributed by atoms with van der Waals surface area (Å²) in [6, 6.07) is 10.4. The van der Waals surface area contributed by atoms with E-state index in [1.54, 1.807) is 0 Å². The number of hydrogen-bond donors (Lipinski definition) is 2. The van der Waals surface area contributed by atoms with E-state index in [1.807, 2.05) is 0 Å². The van der Waals surface area contributed by atoms with Crippen LogP contribution in [0.4, 0.5) is 10.6 Å². The lowest BCUT2D eigenvalue weighted by Crippen LogP contribution is -2.36. The molecular formula is C21H28N4O. The second-order valence-corrected chi connectivity index (χ2v) is 7.09. The van der Waals surface area contributed by atoms with Gasteiger partial charge >= 0.3 is 6.03 Å². The van der Waals surface area contributed by atoms with Gasteiger partial charge in [-0.2, -0.15) is 0 Å². The number of urea groups is 1. The molecule has 2 heterocycles. The van der Waals surface area contributed by atoms with Gasteiger partial charge < -0.3 is 15.5 Å². The highest BCUT2D eigenvalue weighted by Crippen LogP contribution is 2.23. The molecule has 5 heteroatoms. The summed E-state index contributed by atoms with van der Waals surface area (Å²) in [5.74, 6) is 1.09. The summed E-state index contributed by atoms with van der Waals surface area (Å²) >= 11 is 0. The number of nitrogens with one attached hydrogen (secondary N) is 2. The van der Waals surface area contributed by atoms with Crippen molar-refractivity contribution in [1.29, 1.82) is 0 Å². The molecule has 0 saturated heterocycles. The number of hydrogen-bond acceptors (Lipinski definition) is 3. The van der Waals surface area contributed by atoms with Crippen LogP contribution in [0.1, 0.15) is 34.4 Å². The van der Waals surface area contributed by atoms with Gasteiger partial charge in [-0.3, -0.25) is 0 Å². The fraction of sp³-hybridized carbons (Fsp3) is 0.429. The number of nitrogens with zero attached hydrogens (tertiary/aromatic N) is 2. The molecule has 0 atom stereocenters. The fourth-order valence-electron chi connectivity index (χ4n) is 3.26. The third-order valence-corrected chi connectivity index (χ3v) is 5.01. The van der Waals surface area contributed by atoms with Gasteiger partial charge in [0.15, 0.2) is 0 Å². The Morgan fingerprint density at radius 2 is 2.00 bits per heavy atom. The first-order chi connectivity index (χ1) is 12.5. The average molecular weight is 352 g/mol. The van der Waals surface area contributed by atoms with Crippen LogP contribution in [0.25, 0.3) is 0 Å². The van der Waals surface area contributed by atoms with Crippen molar-refractivity contribution in [3.63, 3.8) is 0 Å². The van der Waals surface area contributed by atoms with E-state index in [0.29, 0.717) is 13.1 Å². The molecule has 1 aromatic heterocycles. The van der Waals surface area contributed by atoms with E-state index in [9.17, 15) is 4.79 Å². The topological polar surface area (TPSA) is 57.3 Å². The molecule has 0 saturated carbocycles. The van der Waals surface area contributed by atoms with Crippen molar-refractivity contribution in [2.75, 3.05) is 25.0 Å². The van der Waals surface area contributed by atoms with Crippen LogP contribution in [0, 0.1) is 13.8 Å². The Bertz CT molecular complexity index is 788. The summed E-state index contributed by atoms with van der Waals surface area (Å²) in [5, 5.41) is 5.83. The van der Waals surface area contributed by atoms with Crippen molar-refractivity contribution < 1.29 is 4.79 Å². The molecule has 1 aliphatic heterocycles. The van der Waals surface area contributed by atoms with Gasteiger partial charge in [0.1, 0.15) is 5.82 Å². The molecule has 1 aromatic carbocycles. The number of fused-ring (bicyclic) bond motifs is 1. The summed E-state index contributed by atoms with van der Waals surface area (Å²) in [5.41, 5.74) is 5.96. The Labute approximate surface area is 155 Å². The Morgan fingerprint density at radius 3 is 2.81 bits per heavy atom. The molecule has 138 valence electrons. The smallest absolute Gasteiger partial charge is 0.315 e. The number of benzene rings is 1. The lowest BCUT2D eigenvalue weighted by atomic mass is 10.1. The summed E-state index contributed by atoms with van der Waals surface area (Å²) in [7, 11) is 2.09. The monoisotopic (exact) mass is 352 g/mol. The molecule has 0 unspecified atom stereocenters. The second kappa shape index (κ2) is 8.21. The van der Waals surface area contributed by atoms with Gasteiger partial charge in [-0.25, -0.2) is 9.78 Å². The molecule has 3 rings (SSSR count). The summed E-state index contributed by atoms with van der Waals surface area (Å²) in [4.78, 5) is 19.0. The lowest BCUT2D eigenvalue weighted by molar-refractivity contribution is 0.240. The van der Waals surface area contributed by atoms with Gasteiger partial charge in [0.2, 0.25) is 0 Å². The van der Waals surface area contributed by atoms with E-state index < -0.39 is 0 Å². The van der Waals surface area contributed by atoms with Gasteiger partial charge in [-0.05, 0) is 55.0 Å². The number of pyridine rings is 1. The minimum Gasteiger partial charge on any atom is -0.359 e. The fourth-order valence-corrected chi connectivity index (χ4v) is 3.26. The number of carbonyl (C=O) groups is 1. The molecule has 0 aliphatic carbocycles. The van der Waals surface area contributed by atoms with E-state index in [2.05, 4.69) is 66.8 Å². The first-order valence-corrected chi connectivity index (χ1v) is 9.30. The van der Waals surface area contributed by atoms with Crippen LogP contribution in [0.15, 0.2) is 30.3 Å². The molecule has 2 amide bonds. The van der Waals surface area contributed by atoms with Crippen LogP contribution >= 0.6 is 0 Å². The van der Waals surface area contributed by atoms with Crippen LogP contribution in [0.2, 0.25) is 0 Å². The van der Waals surface area contributed by atoms with Crippen molar-refractivity contribution in [3.05, 3.63) is 58.3 Å². The number of rotatable bonds is 5. The first kappa shape index (κ1) is 18.2. The molecule has 5 nitrogen and oxygen atoms in total. The minimum absolute atomic E-state index is 0.140. The highest BCUT2D eigenvalue weighted by molar-refractivity contribution is 5.73. The Hall–Kier alpha value is -2.56. The van der Waals surface area contributed by atoms with E-state index in [1.165, 1.54) is 23.1 Å². The standard InChI is InChI=1S/C21H28N4O/c1-15-6-7-17(13-16(15)2)14-23-21(26)22-11-10-19-9-8-18-5-4-12-25(3)20(18)24-19/h6-9,13H,4-5,10-12,14H2,1-3H3,(H2,22,23,26). The Kier molecular flexibility index (Phi) is 5.76. The molecule has 0 fully saturated rings. The highest BCUT2D eigenvalue weighted by atomic mass is 16.2. The maximum Gasteiger partial charge on any atom is 0.315 e. The zero-order valence-electron chi connectivity index (χ0n) is 15.9. The minimum atomic E-state index is -0.140. The molecule has 0 spiro atoms. The van der Waals surface area contributed by atoms with Gasteiger partial charge in [-0.15, -0.1) is 0 Å². The van der Waals surface area contributed by atoms with E-state index >= 15 is 0 Å². The molecule has 1 aliphatic rings. The number of aromatic nitrogens is 1. The molecular weight excluding hydrogens is 324 g/mol. The van der Waals surface area contributed by atoms with Crippen LogP contribution in [-0.4, -0.2) is 31.2 Å². The van der Waals surface area contributed by atoms with Crippen molar-refractivity contribution >= 4 is 11.8 Å². The maximum absolute atomic E-state index is 12.0. The molecule has 2 aromatic rings. The predicted molar refractivity (Wildman–Crippen MR) is 106 cm³/mol. The number of carbonyl (C=O) groups excluding carboxylic acids is 1. The zero-order valence-corrected chi connectivity index (χ0v) is 15.9. The Morgan fingerprint density at radius 1 is 1.15 bits per heavy atom. The maximum atomic E-state index is 12.0. The van der Waals surface area contributed by atoms with Gasteiger partial charge in [0.25, 0.3) is 0 Å². The summed E-state index contributed by atoms with van der Waals surface area (Å²) in [6.45, 7) is 6.35. The quantitative estimate of drug-likeness (QED) is 0.869. The molecule has 2 N–H and O–H groups in total. The zero-order chi connectivity index (χ0) is 18.5. The van der Waals surface area contributed by atoms with Crippen LogP contribution < -0.4 is 15.5 Å². The van der Waals surface area contributed by atoms with Crippen molar-refractivity contribution in [1.82, 2.24) is 15.6 Å². The van der Waals surface area contributed by atoms with Gasteiger partial charge in [-0.1, -0.05) is 24.3 Å². The van der Waals surface area contributed by atoms with E-state index in [0.717, 1.165) is 36.5 Å². The highest BCUT2D eigenvalue weighted by Gasteiger charge is 2.15. The van der Waals surface area contributed by atoms with Crippen LogP contribution in [-0.2, 0) is 19.4 Å². The molecule has 0 bridgehead atoms.